The second-order valence-corrected chi connectivity index (χ2v) is 8.80. The fraction of sp³-hybridized carbons (Fsp3) is 0.609. The Hall–Kier alpha value is -2.37. The number of amides is 1. The number of carbonyl (C=O) groups is 1. The van der Waals surface area contributed by atoms with Gasteiger partial charge in [-0.15, -0.1) is 0 Å². The summed E-state index contributed by atoms with van der Waals surface area (Å²) >= 11 is 0. The van der Waals surface area contributed by atoms with Crippen LogP contribution < -0.4 is 10.1 Å². The van der Waals surface area contributed by atoms with Crippen molar-refractivity contribution in [3.05, 3.63) is 30.2 Å². The van der Waals surface area contributed by atoms with Gasteiger partial charge < -0.3 is 14.6 Å². The molecule has 2 aromatic rings. The topological polar surface area (TPSA) is 77.2 Å². The molecule has 3 fully saturated rings. The van der Waals surface area contributed by atoms with Crippen molar-refractivity contribution < 1.29 is 14.1 Å². The molecular weight excluding hydrogens is 366 g/mol. The number of rotatable bonds is 7. The second kappa shape index (κ2) is 7.81. The molecule has 3 saturated carbocycles. The summed E-state index contributed by atoms with van der Waals surface area (Å²) in [5, 5.41) is 7.36. The summed E-state index contributed by atoms with van der Waals surface area (Å²) in [6.07, 6.45) is 7.55. The number of ether oxygens (including phenoxy) is 1. The van der Waals surface area contributed by atoms with Gasteiger partial charge in [0.15, 0.2) is 0 Å². The number of fused-ring (bicyclic) bond motifs is 5. The van der Waals surface area contributed by atoms with Gasteiger partial charge in [0.1, 0.15) is 5.75 Å². The fourth-order valence-electron chi connectivity index (χ4n) is 6.07. The van der Waals surface area contributed by atoms with Crippen molar-refractivity contribution in [1.29, 1.82) is 0 Å². The van der Waals surface area contributed by atoms with Gasteiger partial charge in [0.2, 0.25) is 17.6 Å². The number of carbonyl (C=O) groups excluding carboxylic acids is 1. The van der Waals surface area contributed by atoms with Crippen LogP contribution in [0.1, 0.15) is 51.3 Å². The van der Waals surface area contributed by atoms with Crippen LogP contribution in [0.5, 0.6) is 5.75 Å². The lowest BCUT2D eigenvalue weighted by atomic mass is 9.79. The highest BCUT2D eigenvalue weighted by atomic mass is 16.5. The number of hydrogen-bond acceptors (Lipinski definition) is 5. The van der Waals surface area contributed by atoms with Crippen molar-refractivity contribution in [3.8, 4) is 17.1 Å². The Kier molecular flexibility index (Phi) is 5.02. The third-order valence-electron chi connectivity index (χ3n) is 7.23. The Labute approximate surface area is 171 Å². The summed E-state index contributed by atoms with van der Waals surface area (Å²) in [5.41, 5.74) is 0.876. The molecular formula is C23H29N3O3. The van der Waals surface area contributed by atoms with Crippen LogP contribution in [-0.2, 0) is 11.2 Å². The molecule has 2 bridgehead atoms. The normalized spacial score (nSPS) is 29.8. The summed E-state index contributed by atoms with van der Waals surface area (Å²) in [4.78, 5) is 16.9. The minimum absolute atomic E-state index is 0.109. The highest BCUT2D eigenvalue weighted by Crippen LogP contribution is 2.58. The molecule has 0 radical (unpaired) electrons. The molecule has 29 heavy (non-hydrogen) atoms. The van der Waals surface area contributed by atoms with Crippen LogP contribution in [0.3, 0.4) is 0 Å². The lowest BCUT2D eigenvalue weighted by Crippen LogP contribution is -2.42. The van der Waals surface area contributed by atoms with Crippen molar-refractivity contribution in [2.24, 2.45) is 23.7 Å². The van der Waals surface area contributed by atoms with Crippen LogP contribution >= 0.6 is 0 Å². The van der Waals surface area contributed by atoms with Gasteiger partial charge in [0, 0.05) is 24.4 Å². The Morgan fingerprint density at radius 2 is 2.00 bits per heavy atom. The predicted octanol–water partition coefficient (Wildman–Crippen LogP) is 4.01. The molecule has 1 N–H and O–H groups in total. The van der Waals surface area contributed by atoms with Crippen molar-refractivity contribution >= 4 is 5.91 Å². The molecule has 1 aromatic heterocycles. The number of nitrogens with one attached hydrogen (secondary N) is 1. The average Bonchev–Trinajstić information content (AvgIpc) is 3.49. The van der Waals surface area contributed by atoms with Crippen LogP contribution in [-0.4, -0.2) is 28.7 Å². The molecule has 3 aliphatic carbocycles. The lowest BCUT2D eigenvalue weighted by Gasteiger charge is -2.32. The summed E-state index contributed by atoms with van der Waals surface area (Å²) < 4.78 is 10.8. The molecule has 0 saturated heterocycles. The standard InChI is InChI=1S/C23H29N3O3/c1-2-28-16-8-6-14(7-9-16)23-25-22(29-26-23)11-10-21(27)24-20-13-15-12-19(20)18-5-3-4-17(15)18/h6-9,15,17-20H,2-5,10-13H2,1H3,(H,24,27). The zero-order valence-electron chi connectivity index (χ0n) is 17.0. The monoisotopic (exact) mass is 395 g/mol. The van der Waals surface area contributed by atoms with Gasteiger partial charge in [-0.05, 0) is 80.5 Å². The van der Waals surface area contributed by atoms with Crippen LogP contribution in [0.4, 0.5) is 0 Å². The first-order valence-electron chi connectivity index (χ1n) is 11.1. The number of aryl methyl sites for hydroxylation is 1. The number of benzene rings is 1. The minimum Gasteiger partial charge on any atom is -0.494 e. The third kappa shape index (κ3) is 3.65. The predicted molar refractivity (Wildman–Crippen MR) is 108 cm³/mol. The highest BCUT2D eigenvalue weighted by molar-refractivity contribution is 5.76. The molecule has 6 nitrogen and oxygen atoms in total. The summed E-state index contributed by atoms with van der Waals surface area (Å²) in [7, 11) is 0. The molecule has 1 amide bonds. The van der Waals surface area contributed by atoms with E-state index in [1.807, 2.05) is 31.2 Å². The lowest BCUT2D eigenvalue weighted by molar-refractivity contribution is -0.122. The Balaban J connectivity index is 1.13. The third-order valence-corrected chi connectivity index (χ3v) is 7.23. The van der Waals surface area contributed by atoms with Crippen molar-refractivity contribution in [2.45, 2.75) is 57.9 Å². The van der Waals surface area contributed by atoms with E-state index in [1.54, 1.807) is 0 Å². The average molecular weight is 396 g/mol. The van der Waals surface area contributed by atoms with Crippen LogP contribution in [0, 0.1) is 23.7 Å². The maximum atomic E-state index is 12.5. The molecule has 5 atom stereocenters. The van der Waals surface area contributed by atoms with E-state index < -0.39 is 0 Å². The minimum atomic E-state index is 0.109. The Morgan fingerprint density at radius 3 is 2.83 bits per heavy atom. The van der Waals surface area contributed by atoms with Crippen LogP contribution in [0.15, 0.2) is 28.8 Å². The molecule has 3 aliphatic rings. The fourth-order valence-corrected chi connectivity index (χ4v) is 6.07. The van der Waals surface area contributed by atoms with Gasteiger partial charge >= 0.3 is 0 Å². The quantitative estimate of drug-likeness (QED) is 0.766. The van der Waals surface area contributed by atoms with E-state index in [0.717, 1.165) is 29.1 Å². The largest absolute Gasteiger partial charge is 0.494 e. The van der Waals surface area contributed by atoms with E-state index >= 15 is 0 Å². The van der Waals surface area contributed by atoms with Gasteiger partial charge in [-0.3, -0.25) is 4.79 Å². The molecule has 154 valence electrons. The summed E-state index contributed by atoms with van der Waals surface area (Å²) in [6.45, 7) is 2.59. The second-order valence-electron chi connectivity index (χ2n) is 8.80. The number of aromatic nitrogens is 2. The summed E-state index contributed by atoms with van der Waals surface area (Å²) in [5.74, 6) is 5.37. The van der Waals surface area contributed by atoms with E-state index in [9.17, 15) is 4.79 Å². The first-order valence-corrected chi connectivity index (χ1v) is 11.1. The maximum absolute atomic E-state index is 12.5. The van der Waals surface area contributed by atoms with E-state index in [-0.39, 0.29) is 5.91 Å². The number of nitrogens with zero attached hydrogens (tertiary/aromatic N) is 2. The summed E-state index contributed by atoms with van der Waals surface area (Å²) in [6, 6.07) is 8.00. The Bertz CT molecular complexity index is 863. The zero-order chi connectivity index (χ0) is 19.8. The van der Waals surface area contributed by atoms with E-state index in [2.05, 4.69) is 15.5 Å². The molecule has 0 spiro atoms. The molecule has 1 aromatic carbocycles. The molecule has 5 unspecified atom stereocenters. The van der Waals surface area contributed by atoms with E-state index in [0.29, 0.717) is 43.1 Å². The van der Waals surface area contributed by atoms with E-state index in [1.165, 1.54) is 32.1 Å². The van der Waals surface area contributed by atoms with Gasteiger partial charge in [-0.25, -0.2) is 0 Å². The molecule has 0 aliphatic heterocycles. The van der Waals surface area contributed by atoms with Crippen LogP contribution in [0.2, 0.25) is 0 Å². The molecule has 1 heterocycles. The Morgan fingerprint density at radius 1 is 1.17 bits per heavy atom. The maximum Gasteiger partial charge on any atom is 0.227 e. The van der Waals surface area contributed by atoms with Gasteiger partial charge in [-0.1, -0.05) is 11.6 Å². The number of hydrogen-bond donors (Lipinski definition) is 1. The first-order chi connectivity index (χ1) is 14.2. The highest BCUT2D eigenvalue weighted by Gasteiger charge is 2.53. The van der Waals surface area contributed by atoms with E-state index in [4.69, 9.17) is 9.26 Å². The van der Waals surface area contributed by atoms with Crippen molar-refractivity contribution in [2.75, 3.05) is 6.61 Å². The smallest absolute Gasteiger partial charge is 0.227 e. The van der Waals surface area contributed by atoms with Crippen molar-refractivity contribution in [1.82, 2.24) is 15.5 Å². The van der Waals surface area contributed by atoms with Crippen LogP contribution in [0.25, 0.3) is 11.4 Å². The van der Waals surface area contributed by atoms with Gasteiger partial charge in [0.25, 0.3) is 0 Å². The zero-order valence-corrected chi connectivity index (χ0v) is 17.0. The van der Waals surface area contributed by atoms with Crippen molar-refractivity contribution in [3.63, 3.8) is 0 Å². The SMILES string of the molecule is CCOc1ccc(-c2noc(CCC(=O)NC3CC4CC3C3CCCC43)n2)cc1. The van der Waals surface area contributed by atoms with Gasteiger partial charge in [0.05, 0.1) is 6.61 Å². The first kappa shape index (κ1) is 18.6. The molecule has 6 heteroatoms. The molecule has 5 rings (SSSR count). The van der Waals surface area contributed by atoms with Gasteiger partial charge in [-0.2, -0.15) is 4.98 Å².